The molecule has 1 spiro atoms. The van der Waals surface area contributed by atoms with Gasteiger partial charge in [-0.3, -0.25) is 9.59 Å². The predicted molar refractivity (Wildman–Crippen MR) is 82.5 cm³/mol. The highest BCUT2D eigenvalue weighted by atomic mass is 16.5. The quantitative estimate of drug-likeness (QED) is 0.619. The van der Waals surface area contributed by atoms with Gasteiger partial charge in [0.05, 0.1) is 25.7 Å². The molecule has 2 saturated heterocycles. The van der Waals surface area contributed by atoms with Gasteiger partial charge < -0.3 is 14.4 Å². The van der Waals surface area contributed by atoms with E-state index in [4.69, 9.17) is 9.47 Å². The Labute approximate surface area is 134 Å². The molecule has 0 N–H and O–H groups in total. The summed E-state index contributed by atoms with van der Waals surface area (Å²) in [4.78, 5) is 26.7. The summed E-state index contributed by atoms with van der Waals surface area (Å²) in [6, 6.07) is 10.1. The minimum atomic E-state index is -0.642. The molecule has 0 saturated carbocycles. The highest BCUT2D eigenvalue weighted by Gasteiger charge is 2.67. The molecule has 1 aromatic carbocycles. The van der Waals surface area contributed by atoms with Crippen LogP contribution in [0, 0.1) is 11.8 Å². The van der Waals surface area contributed by atoms with Crippen molar-refractivity contribution in [2.45, 2.75) is 18.1 Å². The first-order valence-corrected chi connectivity index (χ1v) is 7.92. The van der Waals surface area contributed by atoms with Crippen molar-refractivity contribution in [1.29, 1.82) is 0 Å². The van der Waals surface area contributed by atoms with Crippen molar-refractivity contribution >= 4 is 11.9 Å². The van der Waals surface area contributed by atoms with Gasteiger partial charge in [0, 0.05) is 6.54 Å². The Morgan fingerprint density at radius 2 is 2.17 bits per heavy atom. The topological polar surface area (TPSA) is 55.8 Å². The van der Waals surface area contributed by atoms with Crippen LogP contribution in [0.1, 0.15) is 5.56 Å². The molecule has 1 aromatic rings. The largest absolute Gasteiger partial charge is 0.469 e. The number of benzene rings is 1. The molecule has 2 bridgehead atoms. The summed E-state index contributed by atoms with van der Waals surface area (Å²) in [5, 5.41) is 0. The summed E-state index contributed by atoms with van der Waals surface area (Å²) in [6.45, 7) is 1.15. The molecule has 3 aliphatic rings. The summed E-state index contributed by atoms with van der Waals surface area (Å²) in [5.74, 6) is -1.31. The average molecular weight is 313 g/mol. The van der Waals surface area contributed by atoms with Crippen LogP contribution in [0.4, 0.5) is 0 Å². The molecule has 3 aliphatic heterocycles. The first-order chi connectivity index (χ1) is 11.1. The molecule has 4 rings (SSSR count). The zero-order valence-electron chi connectivity index (χ0n) is 13.0. The number of hydrogen-bond acceptors (Lipinski definition) is 4. The molecule has 0 radical (unpaired) electrons. The zero-order valence-corrected chi connectivity index (χ0v) is 13.0. The van der Waals surface area contributed by atoms with Crippen molar-refractivity contribution in [3.05, 3.63) is 48.0 Å². The Morgan fingerprint density at radius 3 is 2.91 bits per heavy atom. The third-order valence-corrected chi connectivity index (χ3v) is 5.17. The van der Waals surface area contributed by atoms with Crippen LogP contribution >= 0.6 is 0 Å². The Kier molecular flexibility index (Phi) is 3.27. The van der Waals surface area contributed by atoms with Crippen molar-refractivity contribution in [2.75, 3.05) is 20.2 Å². The number of esters is 1. The Hall–Kier alpha value is -2.14. The van der Waals surface area contributed by atoms with Crippen molar-refractivity contribution in [3.63, 3.8) is 0 Å². The van der Waals surface area contributed by atoms with Gasteiger partial charge >= 0.3 is 5.97 Å². The third-order valence-electron chi connectivity index (χ3n) is 5.17. The number of nitrogens with zero attached hydrogens (tertiary/aromatic N) is 1. The monoisotopic (exact) mass is 313 g/mol. The summed E-state index contributed by atoms with van der Waals surface area (Å²) in [7, 11) is 1.36. The molecule has 23 heavy (non-hydrogen) atoms. The van der Waals surface area contributed by atoms with Crippen LogP contribution in [0.15, 0.2) is 42.5 Å². The summed E-state index contributed by atoms with van der Waals surface area (Å²) >= 11 is 0. The van der Waals surface area contributed by atoms with E-state index in [0.29, 0.717) is 13.1 Å². The first kappa shape index (κ1) is 14.5. The second-order valence-corrected chi connectivity index (χ2v) is 6.42. The van der Waals surface area contributed by atoms with Gasteiger partial charge in [-0.1, -0.05) is 42.5 Å². The van der Waals surface area contributed by atoms with Crippen molar-refractivity contribution in [1.82, 2.24) is 4.90 Å². The molecule has 2 fully saturated rings. The number of hydrogen-bond donors (Lipinski definition) is 0. The second-order valence-electron chi connectivity index (χ2n) is 6.42. The van der Waals surface area contributed by atoms with Crippen LogP contribution in [0.3, 0.4) is 0 Å². The Morgan fingerprint density at radius 1 is 1.39 bits per heavy atom. The molecule has 3 heterocycles. The van der Waals surface area contributed by atoms with Gasteiger partial charge in [0.1, 0.15) is 11.5 Å². The lowest BCUT2D eigenvalue weighted by molar-refractivity contribution is -0.151. The average Bonchev–Trinajstić information content (AvgIpc) is 3.21. The van der Waals surface area contributed by atoms with E-state index in [9.17, 15) is 9.59 Å². The van der Waals surface area contributed by atoms with Gasteiger partial charge in [0.2, 0.25) is 5.91 Å². The fraction of sp³-hybridized carbons (Fsp3) is 0.444. The van der Waals surface area contributed by atoms with E-state index in [2.05, 4.69) is 12.1 Å². The number of carbonyl (C=O) groups is 2. The standard InChI is InChI=1S/C18H19NO4/c1-22-17(21)14-13-7-9-18(23-13)11-19(16(20)15(14)18)10-8-12-5-3-2-4-6-12/h2-7,9,13-15H,8,10-11H2,1H3/t13-,14?,15+,18-/m1/s1. The lowest BCUT2D eigenvalue weighted by Gasteiger charge is -2.22. The maximum Gasteiger partial charge on any atom is 0.312 e. The van der Waals surface area contributed by atoms with E-state index >= 15 is 0 Å². The number of carbonyl (C=O) groups excluding carboxylic acids is 2. The summed E-state index contributed by atoms with van der Waals surface area (Å²) in [5.41, 5.74) is 0.553. The molecule has 0 aliphatic carbocycles. The van der Waals surface area contributed by atoms with Gasteiger partial charge in [-0.15, -0.1) is 0 Å². The fourth-order valence-corrected chi connectivity index (χ4v) is 4.08. The highest BCUT2D eigenvalue weighted by molar-refractivity contribution is 5.91. The predicted octanol–water partition coefficient (Wildman–Crippen LogP) is 1.18. The van der Waals surface area contributed by atoms with Gasteiger partial charge in [0.25, 0.3) is 0 Å². The van der Waals surface area contributed by atoms with Gasteiger partial charge in [-0.25, -0.2) is 0 Å². The fourth-order valence-electron chi connectivity index (χ4n) is 4.08. The van der Waals surface area contributed by atoms with Crippen LogP contribution in [0.2, 0.25) is 0 Å². The molecule has 5 nitrogen and oxygen atoms in total. The SMILES string of the molecule is COC(=O)C1[C@H]2C(=O)N(CCc3ccccc3)C[C@]23C=C[C@H]1O3. The van der Waals surface area contributed by atoms with Crippen LogP contribution < -0.4 is 0 Å². The molecular formula is C18H19NO4. The summed E-state index contributed by atoms with van der Waals surface area (Å²) in [6.07, 6.45) is 4.33. The normalized spacial score (nSPS) is 34.0. The van der Waals surface area contributed by atoms with Crippen molar-refractivity contribution < 1.29 is 19.1 Å². The molecule has 5 heteroatoms. The van der Waals surface area contributed by atoms with Crippen molar-refractivity contribution in [2.24, 2.45) is 11.8 Å². The molecule has 4 atom stereocenters. The van der Waals surface area contributed by atoms with Crippen LogP contribution in [0.25, 0.3) is 0 Å². The molecule has 0 aromatic heterocycles. The maximum absolute atomic E-state index is 12.8. The molecule has 1 unspecified atom stereocenters. The number of ether oxygens (including phenoxy) is 2. The van der Waals surface area contributed by atoms with Gasteiger partial charge in [-0.05, 0) is 12.0 Å². The number of amides is 1. The minimum absolute atomic E-state index is 0.00295. The van der Waals surface area contributed by atoms with Crippen LogP contribution in [-0.2, 0) is 25.5 Å². The van der Waals surface area contributed by atoms with E-state index < -0.39 is 17.4 Å². The smallest absolute Gasteiger partial charge is 0.312 e. The number of methoxy groups -OCH3 is 1. The van der Waals surface area contributed by atoms with E-state index in [-0.39, 0.29) is 18.0 Å². The van der Waals surface area contributed by atoms with Crippen LogP contribution in [-0.4, -0.2) is 48.7 Å². The highest BCUT2D eigenvalue weighted by Crippen LogP contribution is 2.52. The lowest BCUT2D eigenvalue weighted by Crippen LogP contribution is -2.39. The molecular weight excluding hydrogens is 294 g/mol. The van der Waals surface area contributed by atoms with E-state index in [1.54, 1.807) is 0 Å². The lowest BCUT2D eigenvalue weighted by atomic mass is 9.77. The van der Waals surface area contributed by atoms with Gasteiger partial charge in [0.15, 0.2) is 0 Å². The number of rotatable bonds is 4. The van der Waals surface area contributed by atoms with Gasteiger partial charge in [-0.2, -0.15) is 0 Å². The third kappa shape index (κ3) is 2.10. The molecule has 120 valence electrons. The van der Waals surface area contributed by atoms with Crippen LogP contribution in [0.5, 0.6) is 0 Å². The first-order valence-electron chi connectivity index (χ1n) is 7.92. The second kappa shape index (κ2) is 5.20. The van der Waals surface area contributed by atoms with Crippen molar-refractivity contribution in [3.8, 4) is 0 Å². The maximum atomic E-state index is 12.8. The molecule has 1 amide bonds. The Balaban J connectivity index is 1.52. The zero-order chi connectivity index (χ0) is 16.0. The number of fused-ring (bicyclic) bond motifs is 1. The Bertz CT molecular complexity index is 671. The van der Waals surface area contributed by atoms with E-state index in [0.717, 1.165) is 6.42 Å². The minimum Gasteiger partial charge on any atom is -0.469 e. The number of likely N-dealkylation sites (tertiary alicyclic amines) is 1. The van der Waals surface area contributed by atoms with E-state index in [1.165, 1.54) is 12.7 Å². The van der Waals surface area contributed by atoms with E-state index in [1.807, 2.05) is 35.3 Å². The summed E-state index contributed by atoms with van der Waals surface area (Å²) < 4.78 is 10.9.